The highest BCUT2D eigenvalue weighted by molar-refractivity contribution is 6.31. The van der Waals surface area contributed by atoms with Crippen molar-refractivity contribution in [1.29, 1.82) is 5.26 Å². The van der Waals surface area contributed by atoms with Crippen LogP contribution in [0.2, 0.25) is 5.02 Å². The minimum atomic E-state index is -0.394. The number of halogens is 1. The maximum absolute atomic E-state index is 12.2. The SMILES string of the molecule is C[C@H](N/C(C=O)=C/C=C/C#N)c1cc2cc(Cl)ccc2[nH]c1=O. The number of nitrogens with one attached hydrogen (secondary N) is 2. The second-order valence-corrected chi connectivity index (χ2v) is 5.32. The van der Waals surface area contributed by atoms with E-state index in [9.17, 15) is 9.59 Å². The Kier molecular flexibility index (Phi) is 5.34. The number of nitriles is 1. The van der Waals surface area contributed by atoms with Gasteiger partial charge in [0.15, 0.2) is 6.29 Å². The number of H-pyrrole nitrogens is 1. The summed E-state index contributed by atoms with van der Waals surface area (Å²) in [6.45, 7) is 1.77. The van der Waals surface area contributed by atoms with E-state index >= 15 is 0 Å². The third-order valence-corrected chi connectivity index (χ3v) is 3.49. The van der Waals surface area contributed by atoms with Crippen LogP contribution in [0, 0.1) is 11.3 Å². The van der Waals surface area contributed by atoms with Crippen LogP contribution in [-0.4, -0.2) is 11.3 Å². The maximum atomic E-state index is 12.2. The van der Waals surface area contributed by atoms with E-state index in [4.69, 9.17) is 16.9 Å². The molecule has 0 saturated heterocycles. The summed E-state index contributed by atoms with van der Waals surface area (Å²) < 4.78 is 0. The summed E-state index contributed by atoms with van der Waals surface area (Å²) in [6, 6.07) is 8.38. The molecule has 1 atom stereocenters. The average molecular weight is 328 g/mol. The molecule has 0 unspecified atom stereocenters. The van der Waals surface area contributed by atoms with E-state index in [1.54, 1.807) is 31.2 Å². The minimum absolute atomic E-state index is 0.238. The lowest BCUT2D eigenvalue weighted by Gasteiger charge is -2.15. The largest absolute Gasteiger partial charge is 0.376 e. The Balaban J connectivity index is 2.35. The summed E-state index contributed by atoms with van der Waals surface area (Å²) in [5.41, 5.74) is 1.21. The summed E-state index contributed by atoms with van der Waals surface area (Å²) >= 11 is 5.97. The molecule has 2 aromatic rings. The second kappa shape index (κ2) is 7.43. The number of rotatable bonds is 5. The molecule has 0 bridgehead atoms. The second-order valence-electron chi connectivity index (χ2n) is 4.88. The van der Waals surface area contributed by atoms with Crippen LogP contribution in [0.4, 0.5) is 0 Å². The van der Waals surface area contributed by atoms with E-state index in [0.717, 1.165) is 5.39 Å². The number of carbonyl (C=O) groups is 1. The number of nitrogens with zero attached hydrogens (tertiary/aromatic N) is 1. The standard InChI is InChI=1S/C17H14ClN3O2/c1-11(20-14(10-22)4-2-3-7-19)15-9-12-8-13(18)5-6-16(12)21-17(15)23/h2-6,8-11,20H,1H3,(H,21,23)/b3-2+,14-4+/t11-/m0/s1. The zero-order chi connectivity index (χ0) is 16.8. The first-order valence-corrected chi connectivity index (χ1v) is 7.23. The molecule has 0 amide bonds. The highest BCUT2D eigenvalue weighted by Crippen LogP contribution is 2.19. The molecule has 116 valence electrons. The minimum Gasteiger partial charge on any atom is -0.376 e. The summed E-state index contributed by atoms with van der Waals surface area (Å²) in [5.74, 6) is 0. The van der Waals surface area contributed by atoms with Crippen molar-refractivity contribution < 1.29 is 4.79 Å². The van der Waals surface area contributed by atoms with Gasteiger partial charge in [-0.3, -0.25) is 9.59 Å². The van der Waals surface area contributed by atoms with Crippen molar-refractivity contribution >= 4 is 28.8 Å². The number of hydrogen-bond acceptors (Lipinski definition) is 4. The number of allylic oxidation sites excluding steroid dienone is 4. The van der Waals surface area contributed by atoms with Gasteiger partial charge in [0.2, 0.25) is 0 Å². The topological polar surface area (TPSA) is 85.8 Å². The van der Waals surface area contributed by atoms with Crippen LogP contribution in [-0.2, 0) is 4.79 Å². The van der Waals surface area contributed by atoms with Crippen LogP contribution >= 0.6 is 11.6 Å². The Hall–Kier alpha value is -2.84. The summed E-state index contributed by atoms with van der Waals surface area (Å²) in [7, 11) is 0. The molecule has 23 heavy (non-hydrogen) atoms. The van der Waals surface area contributed by atoms with E-state index in [0.29, 0.717) is 22.4 Å². The molecular formula is C17H14ClN3O2. The predicted octanol–water partition coefficient (Wildman–Crippen LogP) is 2.99. The quantitative estimate of drug-likeness (QED) is 0.382. The van der Waals surface area contributed by atoms with Gasteiger partial charge in [0.25, 0.3) is 5.56 Å². The fraction of sp³-hybridized carbons (Fsp3) is 0.118. The Labute approximate surface area is 137 Å². The lowest BCUT2D eigenvalue weighted by Crippen LogP contribution is -2.25. The molecule has 0 fully saturated rings. The number of benzene rings is 1. The third kappa shape index (κ3) is 4.09. The summed E-state index contributed by atoms with van der Waals surface area (Å²) in [4.78, 5) is 26.0. The van der Waals surface area contributed by atoms with Gasteiger partial charge in [-0.2, -0.15) is 5.26 Å². The van der Waals surface area contributed by atoms with Crippen molar-refractivity contribution in [3.05, 3.63) is 69.1 Å². The van der Waals surface area contributed by atoms with Crippen LogP contribution in [0.5, 0.6) is 0 Å². The van der Waals surface area contributed by atoms with E-state index in [1.165, 1.54) is 18.2 Å². The van der Waals surface area contributed by atoms with Gasteiger partial charge in [-0.1, -0.05) is 11.6 Å². The van der Waals surface area contributed by atoms with Crippen molar-refractivity contribution in [3.8, 4) is 6.07 Å². The molecule has 1 aromatic carbocycles. The number of pyridine rings is 1. The molecule has 0 spiro atoms. The van der Waals surface area contributed by atoms with Gasteiger partial charge in [-0.15, -0.1) is 0 Å². The molecule has 0 aliphatic carbocycles. The number of hydrogen-bond donors (Lipinski definition) is 2. The van der Waals surface area contributed by atoms with Crippen LogP contribution in [0.15, 0.2) is 53.0 Å². The van der Waals surface area contributed by atoms with Crippen molar-refractivity contribution in [2.24, 2.45) is 0 Å². The van der Waals surface area contributed by atoms with Crippen LogP contribution in [0.3, 0.4) is 0 Å². The van der Waals surface area contributed by atoms with Gasteiger partial charge in [0.1, 0.15) is 0 Å². The highest BCUT2D eigenvalue weighted by Gasteiger charge is 2.12. The fourth-order valence-corrected chi connectivity index (χ4v) is 2.34. The number of aromatic amines is 1. The number of aromatic nitrogens is 1. The average Bonchev–Trinajstić information content (AvgIpc) is 2.53. The van der Waals surface area contributed by atoms with Gasteiger partial charge in [-0.25, -0.2) is 0 Å². The summed E-state index contributed by atoms with van der Waals surface area (Å²) in [6.07, 6.45) is 4.80. The molecule has 5 nitrogen and oxygen atoms in total. The third-order valence-electron chi connectivity index (χ3n) is 3.26. The monoisotopic (exact) mass is 327 g/mol. The molecule has 0 aliphatic heterocycles. The zero-order valence-corrected chi connectivity index (χ0v) is 13.1. The molecule has 1 aromatic heterocycles. The lowest BCUT2D eigenvalue weighted by atomic mass is 10.1. The predicted molar refractivity (Wildman–Crippen MR) is 90.0 cm³/mol. The van der Waals surface area contributed by atoms with Crippen LogP contribution in [0.1, 0.15) is 18.5 Å². The Morgan fingerprint density at radius 3 is 2.91 bits per heavy atom. The van der Waals surface area contributed by atoms with Crippen molar-refractivity contribution in [1.82, 2.24) is 10.3 Å². The normalized spacial score (nSPS) is 13.0. The molecule has 0 aliphatic rings. The Morgan fingerprint density at radius 2 is 2.22 bits per heavy atom. The molecule has 0 saturated carbocycles. The molecular weight excluding hydrogens is 314 g/mol. The smallest absolute Gasteiger partial charge is 0.253 e. The zero-order valence-electron chi connectivity index (χ0n) is 12.3. The number of fused-ring (bicyclic) bond motifs is 1. The van der Waals surface area contributed by atoms with Gasteiger partial charge in [0.05, 0.1) is 17.8 Å². The van der Waals surface area contributed by atoms with Crippen molar-refractivity contribution in [2.45, 2.75) is 13.0 Å². The van der Waals surface area contributed by atoms with Crippen molar-refractivity contribution in [3.63, 3.8) is 0 Å². The summed E-state index contributed by atoms with van der Waals surface area (Å²) in [5, 5.41) is 12.8. The fourth-order valence-electron chi connectivity index (χ4n) is 2.16. The highest BCUT2D eigenvalue weighted by atomic mass is 35.5. The Morgan fingerprint density at radius 1 is 1.43 bits per heavy atom. The number of carbonyl (C=O) groups excluding carboxylic acids is 1. The van der Waals surface area contributed by atoms with Crippen LogP contribution in [0.25, 0.3) is 10.9 Å². The Bertz CT molecular complexity index is 891. The first-order valence-electron chi connectivity index (χ1n) is 6.86. The van der Waals surface area contributed by atoms with Gasteiger partial charge in [-0.05, 0) is 43.3 Å². The molecule has 2 rings (SSSR count). The first-order chi connectivity index (χ1) is 11.0. The van der Waals surface area contributed by atoms with Gasteiger partial charge < -0.3 is 10.3 Å². The molecule has 0 radical (unpaired) electrons. The van der Waals surface area contributed by atoms with E-state index in [1.807, 2.05) is 6.07 Å². The van der Waals surface area contributed by atoms with E-state index in [-0.39, 0.29) is 11.3 Å². The van der Waals surface area contributed by atoms with Gasteiger partial charge in [0, 0.05) is 27.6 Å². The van der Waals surface area contributed by atoms with Gasteiger partial charge >= 0.3 is 0 Å². The molecule has 2 N–H and O–H groups in total. The maximum Gasteiger partial charge on any atom is 0.253 e. The van der Waals surface area contributed by atoms with Crippen molar-refractivity contribution in [2.75, 3.05) is 0 Å². The first kappa shape index (κ1) is 16.5. The van der Waals surface area contributed by atoms with E-state index < -0.39 is 6.04 Å². The van der Waals surface area contributed by atoms with E-state index in [2.05, 4.69) is 10.3 Å². The molecule has 6 heteroatoms. The van der Waals surface area contributed by atoms with Crippen LogP contribution < -0.4 is 10.9 Å². The number of aldehydes is 1. The lowest BCUT2D eigenvalue weighted by molar-refractivity contribution is -0.105. The molecule has 1 heterocycles.